The van der Waals surface area contributed by atoms with Gasteiger partial charge in [0.15, 0.2) is 0 Å². The van der Waals surface area contributed by atoms with E-state index in [2.05, 4.69) is 9.97 Å². The lowest BCUT2D eigenvalue weighted by Gasteiger charge is -2.20. The number of aryl methyl sites for hydroxylation is 1. The summed E-state index contributed by atoms with van der Waals surface area (Å²) >= 11 is 3.63. The second-order valence-corrected chi connectivity index (χ2v) is 6.48. The van der Waals surface area contributed by atoms with Gasteiger partial charge < -0.3 is 10.1 Å². The van der Waals surface area contributed by atoms with Crippen molar-refractivity contribution < 1.29 is 9.90 Å². The van der Waals surface area contributed by atoms with Gasteiger partial charge in [0.05, 0.1) is 11.7 Å². The summed E-state index contributed by atoms with van der Waals surface area (Å²) in [5, 5.41) is 8.95. The molecule has 1 aliphatic heterocycles. The molecule has 5 nitrogen and oxygen atoms in total. The van der Waals surface area contributed by atoms with Gasteiger partial charge in [0.2, 0.25) is 0 Å². The molecule has 0 aliphatic carbocycles. The molecule has 18 heavy (non-hydrogen) atoms. The van der Waals surface area contributed by atoms with Crippen LogP contribution in [0, 0.1) is 6.92 Å². The predicted molar refractivity (Wildman–Crippen MR) is 73.5 cm³/mol. The fourth-order valence-corrected chi connectivity index (χ4v) is 4.41. The minimum atomic E-state index is -1.01. The van der Waals surface area contributed by atoms with E-state index in [4.69, 9.17) is 5.11 Å². The Morgan fingerprint density at radius 3 is 2.89 bits per heavy atom. The van der Waals surface area contributed by atoms with Crippen molar-refractivity contribution in [3.8, 4) is 0 Å². The van der Waals surface area contributed by atoms with Crippen LogP contribution in [0.3, 0.4) is 0 Å². The van der Waals surface area contributed by atoms with E-state index in [0.717, 1.165) is 17.3 Å². The van der Waals surface area contributed by atoms with Gasteiger partial charge in [-0.25, -0.2) is 4.98 Å². The van der Waals surface area contributed by atoms with Crippen molar-refractivity contribution in [1.82, 2.24) is 9.97 Å². The lowest BCUT2D eigenvalue weighted by atomic mass is 10.1. The molecule has 0 aromatic carbocycles. The van der Waals surface area contributed by atoms with Crippen LogP contribution in [0.1, 0.15) is 22.3 Å². The smallest absolute Gasteiger partial charge is 0.308 e. The summed E-state index contributed by atoms with van der Waals surface area (Å²) in [5.74, 6) is 2.77. The zero-order valence-electron chi connectivity index (χ0n) is 9.93. The number of aromatic amines is 1. The normalized spacial score (nSPS) is 19.7. The third-order valence-electron chi connectivity index (χ3n) is 2.69. The average Bonchev–Trinajstić information content (AvgIpc) is 2.34. The molecule has 0 amide bonds. The summed E-state index contributed by atoms with van der Waals surface area (Å²) < 4.78 is 0. The van der Waals surface area contributed by atoms with Gasteiger partial charge in [-0.2, -0.15) is 11.8 Å². The maximum Gasteiger partial charge on any atom is 0.308 e. The second kappa shape index (κ2) is 5.79. The summed E-state index contributed by atoms with van der Waals surface area (Å²) in [6, 6.07) is 0. The van der Waals surface area contributed by atoms with Gasteiger partial charge in [-0.15, -0.1) is 11.8 Å². The van der Waals surface area contributed by atoms with E-state index >= 15 is 0 Å². The maximum atomic E-state index is 11.9. The number of H-pyrrole nitrogens is 1. The van der Waals surface area contributed by atoms with Crippen LogP contribution in [0.2, 0.25) is 0 Å². The van der Waals surface area contributed by atoms with Crippen molar-refractivity contribution in [3.05, 3.63) is 27.4 Å². The van der Waals surface area contributed by atoms with Gasteiger partial charge in [0.25, 0.3) is 5.56 Å². The number of nitrogens with zero attached hydrogens (tertiary/aromatic N) is 1. The molecule has 0 saturated carbocycles. The monoisotopic (exact) mass is 286 g/mol. The minimum Gasteiger partial charge on any atom is -0.481 e. The highest BCUT2D eigenvalue weighted by Crippen LogP contribution is 2.34. The molecule has 0 spiro atoms. The quantitative estimate of drug-likeness (QED) is 0.869. The van der Waals surface area contributed by atoms with Crippen molar-refractivity contribution in [1.29, 1.82) is 0 Å². The Morgan fingerprint density at radius 2 is 2.33 bits per heavy atom. The van der Waals surface area contributed by atoms with E-state index in [1.54, 1.807) is 18.7 Å². The highest BCUT2D eigenvalue weighted by atomic mass is 32.2. The summed E-state index contributed by atoms with van der Waals surface area (Å²) in [7, 11) is 0. The molecule has 0 radical (unpaired) electrons. The van der Waals surface area contributed by atoms with Crippen LogP contribution in [0.15, 0.2) is 4.79 Å². The first kappa shape index (κ1) is 13.5. The van der Waals surface area contributed by atoms with Crippen molar-refractivity contribution >= 4 is 29.5 Å². The molecular weight excluding hydrogens is 272 g/mol. The highest BCUT2D eigenvalue weighted by molar-refractivity contribution is 8.06. The van der Waals surface area contributed by atoms with Gasteiger partial charge in [-0.1, -0.05) is 0 Å². The molecule has 1 atom stereocenters. The van der Waals surface area contributed by atoms with E-state index in [0.29, 0.717) is 11.5 Å². The molecule has 1 fully saturated rings. The topological polar surface area (TPSA) is 83.0 Å². The van der Waals surface area contributed by atoms with Crippen LogP contribution in [0.25, 0.3) is 0 Å². The molecule has 2 rings (SSSR count). The van der Waals surface area contributed by atoms with Crippen molar-refractivity contribution in [2.75, 3.05) is 17.3 Å². The molecule has 1 saturated heterocycles. The number of carboxylic acids is 1. The fraction of sp³-hybridized carbons (Fsp3) is 0.545. The van der Waals surface area contributed by atoms with Gasteiger partial charge >= 0.3 is 5.97 Å². The number of aliphatic carboxylic acids is 1. The van der Waals surface area contributed by atoms with E-state index in [1.807, 2.05) is 11.8 Å². The average molecular weight is 286 g/mol. The Morgan fingerprint density at radius 1 is 1.56 bits per heavy atom. The Balaban J connectivity index is 2.29. The minimum absolute atomic E-state index is 0.203. The molecule has 98 valence electrons. The van der Waals surface area contributed by atoms with Crippen LogP contribution < -0.4 is 5.56 Å². The molecular formula is C11H14N2O3S2. The third-order valence-corrected chi connectivity index (χ3v) is 5.45. The Bertz CT molecular complexity index is 510. The van der Waals surface area contributed by atoms with Crippen LogP contribution in [0.5, 0.6) is 0 Å². The molecule has 1 aromatic heterocycles. The first-order valence-electron chi connectivity index (χ1n) is 5.58. The molecule has 1 unspecified atom stereocenters. The van der Waals surface area contributed by atoms with E-state index < -0.39 is 5.97 Å². The number of rotatable bonds is 3. The molecule has 2 N–H and O–H groups in total. The number of thioether (sulfide) groups is 2. The van der Waals surface area contributed by atoms with E-state index in [-0.39, 0.29) is 22.8 Å². The largest absolute Gasteiger partial charge is 0.481 e. The second-order valence-electron chi connectivity index (χ2n) is 4.02. The summed E-state index contributed by atoms with van der Waals surface area (Å²) in [4.78, 5) is 29.6. The number of aromatic nitrogens is 2. The van der Waals surface area contributed by atoms with Crippen LogP contribution in [0.4, 0.5) is 0 Å². The van der Waals surface area contributed by atoms with E-state index in [9.17, 15) is 9.59 Å². The summed E-state index contributed by atoms with van der Waals surface area (Å²) in [5.41, 5.74) is 0.447. The Labute approximate surface area is 113 Å². The highest BCUT2D eigenvalue weighted by Gasteiger charge is 2.20. The standard InChI is InChI=1S/C11H14N2O3S2/c1-6-7(4-9(14)15)11(16)13-10(12-6)8-5-17-2-3-18-8/h8H,2-5H2,1H3,(H,14,15)(H,12,13,16). The lowest BCUT2D eigenvalue weighted by molar-refractivity contribution is -0.136. The SMILES string of the molecule is Cc1nc(C2CSCCS2)[nH]c(=O)c1CC(=O)O. The van der Waals surface area contributed by atoms with Crippen LogP contribution in [-0.4, -0.2) is 38.3 Å². The first-order chi connectivity index (χ1) is 8.58. The number of carboxylic acid groups (broad SMARTS) is 1. The number of carbonyl (C=O) groups is 1. The molecule has 7 heteroatoms. The van der Waals surface area contributed by atoms with Crippen LogP contribution in [-0.2, 0) is 11.2 Å². The lowest BCUT2D eigenvalue weighted by Crippen LogP contribution is -2.23. The molecule has 1 aromatic rings. The third kappa shape index (κ3) is 3.08. The fourth-order valence-electron chi connectivity index (χ4n) is 1.79. The van der Waals surface area contributed by atoms with Gasteiger partial charge in [0.1, 0.15) is 5.82 Å². The summed E-state index contributed by atoms with van der Waals surface area (Å²) in [6.45, 7) is 1.69. The van der Waals surface area contributed by atoms with Gasteiger partial charge in [-0.3, -0.25) is 9.59 Å². The van der Waals surface area contributed by atoms with Gasteiger partial charge in [0, 0.05) is 28.5 Å². The van der Waals surface area contributed by atoms with Gasteiger partial charge in [-0.05, 0) is 6.92 Å². The van der Waals surface area contributed by atoms with Crippen molar-refractivity contribution in [3.63, 3.8) is 0 Å². The predicted octanol–water partition coefficient (Wildman–Crippen LogP) is 1.23. The Hall–Kier alpha value is -0.950. The number of nitrogens with one attached hydrogen (secondary N) is 1. The molecule has 1 aliphatic rings. The Kier molecular flexibility index (Phi) is 4.34. The molecule has 0 bridgehead atoms. The first-order valence-corrected chi connectivity index (χ1v) is 7.79. The van der Waals surface area contributed by atoms with Crippen molar-refractivity contribution in [2.24, 2.45) is 0 Å². The van der Waals surface area contributed by atoms with Crippen LogP contribution >= 0.6 is 23.5 Å². The summed E-state index contributed by atoms with van der Waals surface area (Å²) in [6.07, 6.45) is -0.277. The molecule has 2 heterocycles. The zero-order valence-corrected chi connectivity index (χ0v) is 11.6. The van der Waals surface area contributed by atoms with E-state index in [1.165, 1.54) is 0 Å². The van der Waals surface area contributed by atoms with Crippen molar-refractivity contribution in [2.45, 2.75) is 18.6 Å². The number of hydrogen-bond acceptors (Lipinski definition) is 5. The number of hydrogen-bond donors (Lipinski definition) is 2. The maximum absolute atomic E-state index is 11.9. The zero-order chi connectivity index (χ0) is 13.1.